The molecule has 1 aromatic carbocycles. The molecule has 2 saturated carbocycles. The molecule has 3 aliphatic carbocycles. The number of phenols is 1. The SMILES string of the molecule is CN(C)/N=N/c1[nH]cnc1C(N)=O.C[C@]12CC[C@@H]3c4ccc(O)cc4C[C@@H](CCCCCCCCC[S+]([O-])CCCC(F)(F)C(F)(F)F)[C@H]3[C@@H]1CC[C@@H]2O. The lowest BCUT2D eigenvalue weighted by Crippen LogP contribution is -2.47. The fourth-order valence-electron chi connectivity index (χ4n) is 8.96. The summed E-state index contributed by atoms with van der Waals surface area (Å²) in [6.07, 6.45) is 7.31. The molecule has 0 saturated heterocycles. The number of H-pyrrole nitrogens is 1. The number of primary amides is 1. The molecule has 1 unspecified atom stereocenters. The molecule has 7 atom stereocenters. The van der Waals surface area contributed by atoms with Gasteiger partial charge in [0.1, 0.15) is 17.3 Å². The van der Waals surface area contributed by atoms with Crippen LogP contribution >= 0.6 is 0 Å². The summed E-state index contributed by atoms with van der Waals surface area (Å²) in [5.41, 5.74) is 7.84. The second-order valence-corrected chi connectivity index (χ2v) is 17.4. The number of rotatable bonds is 17. The first kappa shape index (κ1) is 43.7. The van der Waals surface area contributed by atoms with Crippen LogP contribution in [0.2, 0.25) is 0 Å². The lowest BCUT2D eigenvalue weighted by molar-refractivity contribution is -0.284. The Balaban J connectivity index is 0.000000422. The van der Waals surface area contributed by atoms with E-state index in [0.29, 0.717) is 41.6 Å². The number of amides is 1. The number of nitrogens with one attached hydrogen (secondary N) is 1. The zero-order valence-corrected chi connectivity index (χ0v) is 32.4. The van der Waals surface area contributed by atoms with Gasteiger partial charge in [-0.1, -0.05) is 61.5 Å². The Morgan fingerprint density at radius 1 is 1.06 bits per heavy atom. The highest BCUT2D eigenvalue weighted by Crippen LogP contribution is 2.62. The number of unbranched alkanes of at least 4 members (excludes halogenated alkanes) is 6. The average molecular weight is 789 g/mol. The van der Waals surface area contributed by atoms with Crippen molar-refractivity contribution < 1.29 is 41.5 Å². The number of alkyl halides is 5. The number of aromatic amines is 1. The first-order valence-electron chi connectivity index (χ1n) is 19.2. The lowest BCUT2D eigenvalue weighted by atomic mass is 9.52. The van der Waals surface area contributed by atoms with Gasteiger partial charge in [0.05, 0.1) is 12.4 Å². The summed E-state index contributed by atoms with van der Waals surface area (Å²) in [4.78, 5) is 17.1. The van der Waals surface area contributed by atoms with Gasteiger partial charge < -0.3 is 25.5 Å². The van der Waals surface area contributed by atoms with E-state index in [-0.39, 0.29) is 28.8 Å². The number of halogens is 5. The number of phenolic OH excluding ortho intramolecular Hbond substituents is 1. The van der Waals surface area contributed by atoms with Crippen molar-refractivity contribution in [2.45, 2.75) is 127 Å². The number of aliphatic hydroxyl groups excluding tert-OH is 1. The zero-order chi connectivity index (χ0) is 39.7. The van der Waals surface area contributed by atoms with Crippen LogP contribution in [0.15, 0.2) is 34.9 Å². The van der Waals surface area contributed by atoms with Crippen molar-refractivity contribution in [3.05, 3.63) is 41.3 Å². The summed E-state index contributed by atoms with van der Waals surface area (Å²) in [6.45, 7) is 2.30. The molecule has 10 nitrogen and oxygen atoms in total. The van der Waals surface area contributed by atoms with Crippen LogP contribution in [0, 0.1) is 23.2 Å². The van der Waals surface area contributed by atoms with Crippen LogP contribution in [-0.4, -0.2) is 79.5 Å². The van der Waals surface area contributed by atoms with Crippen LogP contribution in [0.1, 0.15) is 124 Å². The van der Waals surface area contributed by atoms with E-state index in [9.17, 15) is 41.5 Å². The zero-order valence-electron chi connectivity index (χ0n) is 31.6. The minimum Gasteiger partial charge on any atom is -0.616 e. The van der Waals surface area contributed by atoms with Gasteiger partial charge in [0, 0.05) is 20.5 Å². The Morgan fingerprint density at radius 2 is 1.72 bits per heavy atom. The first-order chi connectivity index (χ1) is 25.4. The van der Waals surface area contributed by atoms with Crippen LogP contribution < -0.4 is 5.73 Å². The molecule has 0 aliphatic heterocycles. The quantitative estimate of drug-likeness (QED) is 0.0412. The van der Waals surface area contributed by atoms with Gasteiger partial charge in [0.2, 0.25) is 0 Å². The second-order valence-electron chi connectivity index (χ2n) is 15.7. The molecule has 2 fully saturated rings. The molecule has 1 heterocycles. The molecular weight excluding hydrogens is 732 g/mol. The molecule has 2 aromatic rings. The number of hydrogen-bond acceptors (Lipinski definition) is 7. The number of aromatic nitrogens is 2. The predicted octanol–water partition coefficient (Wildman–Crippen LogP) is 8.75. The van der Waals surface area contributed by atoms with E-state index in [1.807, 2.05) is 12.1 Å². The highest BCUT2D eigenvalue weighted by atomic mass is 32.2. The van der Waals surface area contributed by atoms with Gasteiger partial charge in [-0.25, -0.2) is 4.98 Å². The molecule has 0 radical (unpaired) electrons. The van der Waals surface area contributed by atoms with Crippen molar-refractivity contribution in [3.63, 3.8) is 0 Å². The smallest absolute Gasteiger partial charge is 0.453 e. The van der Waals surface area contributed by atoms with E-state index in [1.54, 1.807) is 14.1 Å². The maximum atomic E-state index is 13.0. The minimum absolute atomic E-state index is 0.0195. The second kappa shape index (κ2) is 19.2. The van der Waals surface area contributed by atoms with Gasteiger partial charge in [0.25, 0.3) is 5.91 Å². The Hall–Kier alpha value is -2.98. The molecule has 3 aliphatic rings. The van der Waals surface area contributed by atoms with E-state index in [1.165, 1.54) is 22.5 Å². The van der Waals surface area contributed by atoms with Crippen molar-refractivity contribution in [1.29, 1.82) is 0 Å². The first-order valence-corrected chi connectivity index (χ1v) is 20.6. The fraction of sp³-hybridized carbons (Fsp3) is 0.737. The highest BCUT2D eigenvalue weighted by molar-refractivity contribution is 7.91. The third-order valence-corrected chi connectivity index (χ3v) is 13.2. The van der Waals surface area contributed by atoms with Gasteiger partial charge in [-0.2, -0.15) is 22.0 Å². The molecule has 16 heteroatoms. The normalized spacial score (nSPS) is 25.7. The number of hydrogen-bond donors (Lipinski definition) is 4. The number of nitrogens with zero attached hydrogens (tertiary/aromatic N) is 4. The summed E-state index contributed by atoms with van der Waals surface area (Å²) < 4.78 is 74.5. The molecule has 54 heavy (non-hydrogen) atoms. The minimum atomic E-state index is -5.54. The van der Waals surface area contributed by atoms with E-state index in [0.717, 1.165) is 77.0 Å². The van der Waals surface area contributed by atoms with E-state index >= 15 is 0 Å². The predicted molar refractivity (Wildman–Crippen MR) is 198 cm³/mol. The molecule has 1 amide bonds. The van der Waals surface area contributed by atoms with Crippen LogP contribution in [0.5, 0.6) is 5.75 Å². The monoisotopic (exact) mass is 788 g/mol. The number of carbonyl (C=O) groups excluding carboxylic acids is 1. The molecular formula is C38H57F5N6O4S. The van der Waals surface area contributed by atoms with Crippen LogP contribution in [0.3, 0.4) is 0 Å². The molecule has 5 N–H and O–H groups in total. The van der Waals surface area contributed by atoms with Gasteiger partial charge in [-0.3, -0.25) is 9.80 Å². The Bertz CT molecular complexity index is 1530. The van der Waals surface area contributed by atoms with Gasteiger partial charge in [-0.05, 0) is 110 Å². The van der Waals surface area contributed by atoms with Crippen molar-refractivity contribution in [3.8, 4) is 5.75 Å². The van der Waals surface area contributed by atoms with Gasteiger partial charge >= 0.3 is 12.1 Å². The molecule has 0 spiro atoms. The number of fused-ring (bicyclic) bond motifs is 5. The van der Waals surface area contributed by atoms with Crippen molar-refractivity contribution in [1.82, 2.24) is 15.0 Å². The van der Waals surface area contributed by atoms with Crippen molar-refractivity contribution in [2.24, 2.45) is 39.2 Å². The maximum Gasteiger partial charge on any atom is 0.453 e. The summed E-state index contributed by atoms with van der Waals surface area (Å²) in [6, 6.07) is 5.92. The number of imidazole rings is 1. The third-order valence-electron chi connectivity index (χ3n) is 11.7. The summed E-state index contributed by atoms with van der Waals surface area (Å²) in [5, 5.41) is 29.9. The van der Waals surface area contributed by atoms with Crippen molar-refractivity contribution in [2.75, 3.05) is 25.6 Å². The molecule has 0 bridgehead atoms. The van der Waals surface area contributed by atoms with Crippen LogP contribution in [0.25, 0.3) is 0 Å². The number of aliphatic hydroxyl groups is 1. The summed E-state index contributed by atoms with van der Waals surface area (Å²) in [5.74, 6) is -2.28. The average Bonchev–Trinajstić information content (AvgIpc) is 3.70. The molecule has 304 valence electrons. The molecule has 5 rings (SSSR count). The summed E-state index contributed by atoms with van der Waals surface area (Å²) in [7, 11) is 3.42. The lowest BCUT2D eigenvalue weighted by Gasteiger charge is -2.53. The highest BCUT2D eigenvalue weighted by Gasteiger charge is 2.57. The number of benzene rings is 1. The van der Waals surface area contributed by atoms with E-state index in [2.05, 4.69) is 33.3 Å². The van der Waals surface area contributed by atoms with Crippen LogP contribution in [0.4, 0.5) is 27.8 Å². The summed E-state index contributed by atoms with van der Waals surface area (Å²) >= 11 is -1.35. The number of carbonyl (C=O) groups is 1. The van der Waals surface area contributed by atoms with E-state index in [4.69, 9.17) is 5.73 Å². The van der Waals surface area contributed by atoms with Crippen LogP contribution in [-0.2, 0) is 17.6 Å². The van der Waals surface area contributed by atoms with Crippen molar-refractivity contribution >= 4 is 22.9 Å². The number of nitrogens with two attached hydrogens (primary N) is 1. The Kier molecular flexibility index (Phi) is 15.6. The molecule has 1 aromatic heterocycles. The standard InChI is InChI=1S/C32H47F5O3S.C6H10N6O/c1-30-17-15-26-25-12-11-24(38)21-23(25)20-22(29(26)27(30)13-14-28(30)39)10-7-5-3-2-4-6-8-18-41(40)19-9-16-31(33,34)32(35,36)37;1-12(2)11-10-6-4(5(7)13)8-3-9-6/h11-12,21-22,26-29,38-39H,2-10,13-20H2,1H3;3H,1-2H3,(H2,7,13)(H,8,9)/b;11-10+/t22-,26-,27+,28+,29-,30+,41?;/m1./s1. The van der Waals surface area contributed by atoms with Gasteiger partial charge in [0.15, 0.2) is 11.5 Å². The largest absolute Gasteiger partial charge is 0.616 e. The van der Waals surface area contributed by atoms with E-state index < -0.39 is 42.0 Å². The Labute approximate surface area is 318 Å². The Morgan fingerprint density at radius 3 is 2.39 bits per heavy atom. The number of aromatic hydroxyl groups is 1. The van der Waals surface area contributed by atoms with Gasteiger partial charge in [-0.15, -0.1) is 5.11 Å². The third kappa shape index (κ3) is 11.3. The maximum absolute atomic E-state index is 13.0. The fourth-order valence-corrected chi connectivity index (χ4v) is 10.2. The topological polar surface area (TPSA) is 163 Å².